The van der Waals surface area contributed by atoms with Gasteiger partial charge in [0.2, 0.25) is 0 Å². The molecule has 0 aliphatic rings. The zero-order chi connectivity index (χ0) is 15.2. The molecule has 0 atom stereocenters. The van der Waals surface area contributed by atoms with E-state index in [2.05, 4.69) is 22.5 Å². The molecule has 110 valence electrons. The molecule has 0 saturated heterocycles. The van der Waals surface area contributed by atoms with Crippen molar-refractivity contribution in [2.75, 3.05) is 17.2 Å². The van der Waals surface area contributed by atoms with E-state index in [1.54, 1.807) is 12.3 Å². The highest BCUT2D eigenvalue weighted by Crippen LogP contribution is 2.20. The quantitative estimate of drug-likeness (QED) is 0.878. The van der Waals surface area contributed by atoms with Crippen LogP contribution in [0.5, 0.6) is 0 Å². The Kier molecular flexibility index (Phi) is 4.93. The van der Waals surface area contributed by atoms with Gasteiger partial charge >= 0.3 is 0 Å². The van der Waals surface area contributed by atoms with Crippen molar-refractivity contribution >= 4 is 17.4 Å². The van der Waals surface area contributed by atoms with Gasteiger partial charge in [0.15, 0.2) is 0 Å². The first-order valence-corrected chi connectivity index (χ1v) is 7.19. The molecule has 0 spiro atoms. The number of aromatic nitrogens is 1. The number of aryl methyl sites for hydroxylation is 2. The Morgan fingerprint density at radius 2 is 1.86 bits per heavy atom. The van der Waals surface area contributed by atoms with Gasteiger partial charge in [-0.1, -0.05) is 25.1 Å². The van der Waals surface area contributed by atoms with E-state index in [-0.39, 0.29) is 5.91 Å². The van der Waals surface area contributed by atoms with Crippen LogP contribution in [0.3, 0.4) is 0 Å². The molecule has 4 heteroatoms. The summed E-state index contributed by atoms with van der Waals surface area (Å²) < 4.78 is 0. The molecule has 0 saturated carbocycles. The zero-order valence-corrected chi connectivity index (χ0v) is 12.7. The van der Waals surface area contributed by atoms with E-state index in [0.29, 0.717) is 5.56 Å². The first-order valence-electron chi connectivity index (χ1n) is 7.19. The van der Waals surface area contributed by atoms with Crippen LogP contribution in [0.4, 0.5) is 11.5 Å². The lowest BCUT2D eigenvalue weighted by Crippen LogP contribution is -2.14. The van der Waals surface area contributed by atoms with Gasteiger partial charge in [0, 0.05) is 18.4 Å². The van der Waals surface area contributed by atoms with Crippen molar-refractivity contribution in [3.63, 3.8) is 0 Å². The lowest BCUT2D eigenvalue weighted by molar-refractivity contribution is 0.102. The van der Waals surface area contributed by atoms with Gasteiger partial charge in [-0.2, -0.15) is 0 Å². The van der Waals surface area contributed by atoms with Crippen LogP contribution < -0.4 is 10.6 Å². The summed E-state index contributed by atoms with van der Waals surface area (Å²) in [5.74, 6) is 0.655. The van der Waals surface area contributed by atoms with E-state index in [0.717, 1.165) is 35.6 Å². The van der Waals surface area contributed by atoms with Crippen LogP contribution in [0.2, 0.25) is 0 Å². The number of benzene rings is 1. The first kappa shape index (κ1) is 15.0. The van der Waals surface area contributed by atoms with Gasteiger partial charge in [0.1, 0.15) is 5.82 Å². The fraction of sp³-hybridized carbons (Fsp3) is 0.294. The standard InChI is InChI=1S/C17H21N3O/c1-4-10-18-15-9-8-14(11-19-15)17(21)20-16-12(2)6-5-7-13(16)3/h5-9,11H,4,10H2,1-3H3,(H,18,19)(H,20,21). The fourth-order valence-corrected chi connectivity index (χ4v) is 2.08. The van der Waals surface area contributed by atoms with E-state index in [9.17, 15) is 4.79 Å². The van der Waals surface area contributed by atoms with Gasteiger partial charge < -0.3 is 10.6 Å². The Bertz CT molecular complexity index is 600. The number of pyridine rings is 1. The summed E-state index contributed by atoms with van der Waals surface area (Å²) >= 11 is 0. The van der Waals surface area contributed by atoms with Crippen molar-refractivity contribution in [3.8, 4) is 0 Å². The zero-order valence-electron chi connectivity index (χ0n) is 12.7. The molecule has 2 rings (SSSR count). The van der Waals surface area contributed by atoms with Crippen molar-refractivity contribution < 1.29 is 4.79 Å². The number of hydrogen-bond acceptors (Lipinski definition) is 3. The number of carbonyl (C=O) groups excluding carboxylic acids is 1. The largest absolute Gasteiger partial charge is 0.370 e. The van der Waals surface area contributed by atoms with Gasteiger partial charge in [0.25, 0.3) is 5.91 Å². The van der Waals surface area contributed by atoms with Crippen LogP contribution >= 0.6 is 0 Å². The van der Waals surface area contributed by atoms with E-state index >= 15 is 0 Å². The number of nitrogens with one attached hydrogen (secondary N) is 2. The lowest BCUT2D eigenvalue weighted by atomic mass is 10.1. The number of carbonyl (C=O) groups is 1. The smallest absolute Gasteiger partial charge is 0.257 e. The van der Waals surface area contributed by atoms with Gasteiger partial charge in [-0.05, 0) is 43.5 Å². The number of anilines is 2. The van der Waals surface area contributed by atoms with Crippen LogP contribution in [0.15, 0.2) is 36.5 Å². The number of hydrogen-bond donors (Lipinski definition) is 2. The van der Waals surface area contributed by atoms with Gasteiger partial charge in [0.05, 0.1) is 5.56 Å². The average Bonchev–Trinajstić information content (AvgIpc) is 2.49. The van der Waals surface area contributed by atoms with Gasteiger partial charge in [-0.3, -0.25) is 4.79 Å². The molecule has 0 aliphatic carbocycles. The summed E-state index contributed by atoms with van der Waals surface area (Å²) in [6.45, 7) is 6.94. The maximum atomic E-state index is 12.3. The predicted octanol–water partition coefficient (Wildman–Crippen LogP) is 3.77. The molecule has 21 heavy (non-hydrogen) atoms. The van der Waals surface area contributed by atoms with Crippen LogP contribution in [0.1, 0.15) is 34.8 Å². The molecular formula is C17H21N3O. The molecule has 1 aromatic heterocycles. The molecule has 0 bridgehead atoms. The highest BCUT2D eigenvalue weighted by molar-refractivity contribution is 6.04. The third kappa shape index (κ3) is 3.81. The summed E-state index contributed by atoms with van der Waals surface area (Å²) in [6.07, 6.45) is 2.64. The highest BCUT2D eigenvalue weighted by atomic mass is 16.1. The van der Waals surface area contributed by atoms with Gasteiger partial charge in [-0.25, -0.2) is 4.98 Å². The molecule has 2 N–H and O–H groups in total. The molecular weight excluding hydrogens is 262 g/mol. The molecule has 0 unspecified atom stereocenters. The molecule has 0 aliphatic heterocycles. The lowest BCUT2D eigenvalue weighted by Gasteiger charge is -2.11. The highest BCUT2D eigenvalue weighted by Gasteiger charge is 2.09. The average molecular weight is 283 g/mol. The minimum Gasteiger partial charge on any atom is -0.370 e. The summed E-state index contributed by atoms with van der Waals surface area (Å²) in [6, 6.07) is 9.57. The molecule has 1 heterocycles. The predicted molar refractivity (Wildman–Crippen MR) is 86.9 cm³/mol. The van der Waals surface area contributed by atoms with E-state index < -0.39 is 0 Å². The minimum atomic E-state index is -0.137. The Labute approximate surface area is 125 Å². The number of nitrogens with zero attached hydrogens (tertiary/aromatic N) is 1. The van der Waals surface area contributed by atoms with Crippen molar-refractivity contribution in [1.82, 2.24) is 4.98 Å². The molecule has 2 aromatic rings. The normalized spacial score (nSPS) is 10.2. The number of amides is 1. The fourth-order valence-electron chi connectivity index (χ4n) is 2.08. The summed E-state index contributed by atoms with van der Waals surface area (Å²) in [5.41, 5.74) is 3.53. The maximum absolute atomic E-state index is 12.3. The second-order valence-corrected chi connectivity index (χ2v) is 5.08. The van der Waals surface area contributed by atoms with Gasteiger partial charge in [-0.15, -0.1) is 0 Å². The summed E-state index contributed by atoms with van der Waals surface area (Å²) in [7, 11) is 0. The molecule has 4 nitrogen and oxygen atoms in total. The van der Waals surface area contributed by atoms with Crippen molar-refractivity contribution in [3.05, 3.63) is 53.2 Å². The third-order valence-electron chi connectivity index (χ3n) is 3.30. The van der Waals surface area contributed by atoms with E-state index in [1.165, 1.54) is 0 Å². The van der Waals surface area contributed by atoms with Crippen molar-refractivity contribution in [1.29, 1.82) is 0 Å². The minimum absolute atomic E-state index is 0.137. The number of rotatable bonds is 5. The van der Waals surface area contributed by atoms with Crippen molar-refractivity contribution in [2.24, 2.45) is 0 Å². The second-order valence-electron chi connectivity index (χ2n) is 5.08. The van der Waals surface area contributed by atoms with Crippen LogP contribution in [-0.4, -0.2) is 17.4 Å². The Balaban J connectivity index is 2.10. The maximum Gasteiger partial charge on any atom is 0.257 e. The Morgan fingerprint density at radius 3 is 2.43 bits per heavy atom. The number of para-hydroxylation sites is 1. The summed E-state index contributed by atoms with van der Waals surface area (Å²) in [4.78, 5) is 16.5. The van der Waals surface area contributed by atoms with Crippen molar-refractivity contribution in [2.45, 2.75) is 27.2 Å². The monoisotopic (exact) mass is 283 g/mol. The molecule has 0 radical (unpaired) electrons. The van der Waals surface area contributed by atoms with E-state index in [4.69, 9.17) is 0 Å². The molecule has 0 fully saturated rings. The Hall–Kier alpha value is -2.36. The SMILES string of the molecule is CCCNc1ccc(C(=O)Nc2c(C)cccc2C)cn1. The van der Waals surface area contributed by atoms with Crippen LogP contribution in [0.25, 0.3) is 0 Å². The van der Waals surface area contributed by atoms with Crippen LogP contribution in [-0.2, 0) is 0 Å². The Morgan fingerprint density at radius 1 is 1.14 bits per heavy atom. The third-order valence-corrected chi connectivity index (χ3v) is 3.30. The topological polar surface area (TPSA) is 54.0 Å². The van der Waals surface area contributed by atoms with Crippen LogP contribution in [0, 0.1) is 13.8 Å². The first-order chi connectivity index (χ1) is 10.1. The summed E-state index contributed by atoms with van der Waals surface area (Å²) in [5, 5.41) is 6.14. The van der Waals surface area contributed by atoms with E-state index in [1.807, 2.05) is 38.1 Å². The molecule has 1 amide bonds. The second kappa shape index (κ2) is 6.88. The molecule has 1 aromatic carbocycles.